The van der Waals surface area contributed by atoms with E-state index in [1.807, 2.05) is 18.4 Å². The third-order valence-electron chi connectivity index (χ3n) is 1.48. The molecule has 0 atom stereocenters. The van der Waals surface area contributed by atoms with Crippen molar-refractivity contribution in [3.63, 3.8) is 0 Å². The summed E-state index contributed by atoms with van der Waals surface area (Å²) in [5, 5.41) is 0. The minimum Gasteiger partial charge on any atom is -0.412 e. The van der Waals surface area contributed by atoms with Gasteiger partial charge in [-0.1, -0.05) is 0 Å². The maximum Gasteiger partial charge on any atom is 0.225 e. The summed E-state index contributed by atoms with van der Waals surface area (Å²) in [5.41, 5.74) is 0.447. The second-order valence-corrected chi connectivity index (χ2v) is 3.09. The normalized spacial score (nSPS) is 8.69. The lowest BCUT2D eigenvalue weighted by Crippen LogP contribution is -1.98. The number of benzene rings is 1. The van der Waals surface area contributed by atoms with Crippen LogP contribution in [-0.2, 0) is 4.79 Å². The summed E-state index contributed by atoms with van der Waals surface area (Å²) < 4.78 is 0. The van der Waals surface area contributed by atoms with Gasteiger partial charge in [-0.25, -0.2) is 0 Å². The predicted molar refractivity (Wildman–Crippen MR) is 52.2 cm³/mol. The number of rotatable bonds is 3. The second-order valence-electron chi connectivity index (χ2n) is 2.21. The van der Waals surface area contributed by atoms with Crippen LogP contribution < -0.4 is 0 Å². The molecule has 0 saturated carbocycles. The largest absolute Gasteiger partial charge is 0.412 e. The Morgan fingerprint density at radius 1 is 1.31 bits per heavy atom. The van der Waals surface area contributed by atoms with E-state index in [4.69, 9.17) is 0 Å². The number of hydrogen-bond donors (Lipinski definition) is 0. The molecule has 0 aliphatic carbocycles. The lowest BCUT2D eigenvalue weighted by atomic mass is 10.1. The molecule has 3 nitrogen and oxygen atoms in total. The summed E-state index contributed by atoms with van der Waals surface area (Å²) in [5.74, 6) is -0.470. The molecule has 0 radical (unpaired) electrons. The summed E-state index contributed by atoms with van der Waals surface area (Å²) in [6.07, 6.45) is 2.28. The molecule has 4 heteroatoms. The molecule has 0 unspecified atom stereocenters. The molecule has 0 aromatic heterocycles. The Morgan fingerprint density at radius 2 is 1.85 bits per heavy atom. The van der Waals surface area contributed by atoms with Gasteiger partial charge in [0, 0.05) is 10.5 Å². The molecule has 70 valence electrons. The standard InChI is InChI=1S/C9H8O2S.H2O/c1-12-8-4-2-7(3-5-8)9(11)6-10;/h2-6H,1H3;1H2. The van der Waals surface area contributed by atoms with Crippen LogP contribution in [0.15, 0.2) is 29.2 Å². The van der Waals surface area contributed by atoms with Gasteiger partial charge in [0.15, 0.2) is 6.29 Å². The van der Waals surface area contributed by atoms with Gasteiger partial charge in [0.2, 0.25) is 5.78 Å². The molecule has 0 aliphatic rings. The summed E-state index contributed by atoms with van der Waals surface area (Å²) in [4.78, 5) is 22.0. The molecule has 0 amide bonds. The molecule has 1 aromatic carbocycles. The molecule has 1 rings (SSSR count). The number of aldehydes is 1. The zero-order chi connectivity index (χ0) is 8.97. The minimum absolute atomic E-state index is 0. The number of carbonyl (C=O) groups is 2. The maximum atomic E-state index is 10.8. The van der Waals surface area contributed by atoms with Crippen LogP contribution in [0.3, 0.4) is 0 Å². The van der Waals surface area contributed by atoms with E-state index < -0.39 is 5.78 Å². The summed E-state index contributed by atoms with van der Waals surface area (Å²) >= 11 is 1.60. The summed E-state index contributed by atoms with van der Waals surface area (Å²) in [6, 6.07) is 6.95. The minimum atomic E-state index is -0.470. The lowest BCUT2D eigenvalue weighted by molar-refractivity contribution is -0.104. The SMILES string of the molecule is CSc1ccc(C(=O)C=O)cc1.O. The van der Waals surface area contributed by atoms with Crippen molar-refractivity contribution in [1.29, 1.82) is 0 Å². The zero-order valence-electron chi connectivity index (χ0n) is 7.11. The Morgan fingerprint density at radius 3 is 2.23 bits per heavy atom. The van der Waals surface area contributed by atoms with Crippen molar-refractivity contribution in [3.8, 4) is 0 Å². The number of ketones is 1. The highest BCUT2D eigenvalue weighted by Crippen LogP contribution is 2.14. The van der Waals surface area contributed by atoms with Gasteiger partial charge >= 0.3 is 0 Å². The molecule has 1 aromatic rings. The average molecular weight is 198 g/mol. The summed E-state index contributed by atoms with van der Waals surface area (Å²) in [7, 11) is 0. The van der Waals surface area contributed by atoms with Gasteiger partial charge in [-0.15, -0.1) is 11.8 Å². The highest BCUT2D eigenvalue weighted by atomic mass is 32.2. The Bertz CT molecular complexity index is 292. The smallest absolute Gasteiger partial charge is 0.225 e. The molecule has 2 N–H and O–H groups in total. The van der Waals surface area contributed by atoms with Crippen LogP contribution in [0.4, 0.5) is 0 Å². The Labute approximate surface area is 80.5 Å². The van der Waals surface area contributed by atoms with Crippen LogP contribution in [0, 0.1) is 0 Å². The van der Waals surface area contributed by atoms with Gasteiger partial charge < -0.3 is 5.48 Å². The third-order valence-corrected chi connectivity index (χ3v) is 2.23. The zero-order valence-corrected chi connectivity index (χ0v) is 7.93. The fourth-order valence-corrected chi connectivity index (χ4v) is 1.23. The maximum absolute atomic E-state index is 10.8. The van der Waals surface area contributed by atoms with Gasteiger partial charge in [-0.3, -0.25) is 9.59 Å². The van der Waals surface area contributed by atoms with Crippen molar-refractivity contribution in [2.24, 2.45) is 0 Å². The molecule has 0 aliphatic heterocycles. The van der Waals surface area contributed by atoms with E-state index >= 15 is 0 Å². The van der Waals surface area contributed by atoms with Gasteiger partial charge in [0.05, 0.1) is 0 Å². The van der Waals surface area contributed by atoms with Gasteiger partial charge in [-0.2, -0.15) is 0 Å². The van der Waals surface area contributed by atoms with Crippen LogP contribution in [0.2, 0.25) is 0 Å². The van der Waals surface area contributed by atoms with Gasteiger partial charge in [0.1, 0.15) is 0 Å². The Kier molecular flexibility index (Phi) is 5.03. The molecule has 0 fully saturated rings. The van der Waals surface area contributed by atoms with Crippen molar-refractivity contribution in [2.75, 3.05) is 6.26 Å². The summed E-state index contributed by atoms with van der Waals surface area (Å²) in [6.45, 7) is 0. The number of hydrogen-bond acceptors (Lipinski definition) is 3. The van der Waals surface area contributed by atoms with E-state index in [0.717, 1.165) is 4.90 Å². The van der Waals surface area contributed by atoms with Crippen LogP contribution in [0.1, 0.15) is 10.4 Å². The second kappa shape index (κ2) is 5.50. The van der Waals surface area contributed by atoms with Crippen LogP contribution >= 0.6 is 11.8 Å². The van der Waals surface area contributed by atoms with Crippen molar-refractivity contribution < 1.29 is 15.1 Å². The predicted octanol–water partition coefficient (Wildman–Crippen LogP) is 0.965. The number of thioether (sulfide) groups is 1. The van der Waals surface area contributed by atoms with E-state index in [2.05, 4.69) is 0 Å². The van der Waals surface area contributed by atoms with Crippen LogP contribution in [-0.4, -0.2) is 23.8 Å². The van der Waals surface area contributed by atoms with E-state index in [1.54, 1.807) is 23.9 Å². The van der Waals surface area contributed by atoms with Crippen molar-refractivity contribution in [1.82, 2.24) is 0 Å². The molecule has 0 heterocycles. The molecular formula is C9H10O3S. The molecule has 0 bridgehead atoms. The van der Waals surface area contributed by atoms with Crippen LogP contribution in [0.25, 0.3) is 0 Å². The van der Waals surface area contributed by atoms with E-state index in [1.165, 1.54) is 0 Å². The van der Waals surface area contributed by atoms with E-state index in [9.17, 15) is 9.59 Å². The van der Waals surface area contributed by atoms with Gasteiger partial charge in [-0.05, 0) is 30.5 Å². The van der Waals surface area contributed by atoms with Crippen molar-refractivity contribution in [2.45, 2.75) is 4.90 Å². The van der Waals surface area contributed by atoms with Gasteiger partial charge in [0.25, 0.3) is 0 Å². The monoisotopic (exact) mass is 198 g/mol. The first-order chi connectivity index (χ1) is 5.77. The molecule has 0 spiro atoms. The first kappa shape index (κ1) is 11.9. The molecular weight excluding hydrogens is 188 g/mol. The fourth-order valence-electron chi connectivity index (χ4n) is 0.823. The topological polar surface area (TPSA) is 65.6 Å². The van der Waals surface area contributed by atoms with Crippen LogP contribution in [0.5, 0.6) is 0 Å². The lowest BCUT2D eigenvalue weighted by Gasteiger charge is -1.96. The van der Waals surface area contributed by atoms with Crippen molar-refractivity contribution in [3.05, 3.63) is 29.8 Å². The van der Waals surface area contributed by atoms with E-state index in [0.29, 0.717) is 11.8 Å². The van der Waals surface area contributed by atoms with Crippen molar-refractivity contribution >= 4 is 23.8 Å². The first-order valence-corrected chi connectivity index (χ1v) is 4.64. The Balaban J connectivity index is 0.00000144. The van der Waals surface area contributed by atoms with E-state index in [-0.39, 0.29) is 5.48 Å². The first-order valence-electron chi connectivity index (χ1n) is 3.41. The molecule has 0 saturated heterocycles. The fraction of sp³-hybridized carbons (Fsp3) is 0.111. The Hall–Kier alpha value is -1.13. The highest BCUT2D eigenvalue weighted by molar-refractivity contribution is 7.98. The number of carbonyl (C=O) groups excluding carboxylic acids is 2. The highest BCUT2D eigenvalue weighted by Gasteiger charge is 2.01. The molecule has 13 heavy (non-hydrogen) atoms. The average Bonchev–Trinajstić information content (AvgIpc) is 2.17. The number of Topliss-reactive ketones (excluding diaryl/α,β-unsaturated/α-hetero) is 1. The third kappa shape index (κ3) is 3.01. The quantitative estimate of drug-likeness (QED) is 0.314.